The monoisotopic (exact) mass is 285 g/mol. The van der Waals surface area contributed by atoms with Crippen molar-refractivity contribution in [3.63, 3.8) is 0 Å². The van der Waals surface area contributed by atoms with Gasteiger partial charge in [0.05, 0.1) is 11.9 Å². The molecule has 3 rings (SSSR count). The van der Waals surface area contributed by atoms with Gasteiger partial charge >= 0.3 is 0 Å². The Morgan fingerprint density at radius 2 is 2.19 bits per heavy atom. The van der Waals surface area contributed by atoms with Crippen LogP contribution in [0, 0.1) is 0 Å². The molecular weight excluding hydrogens is 262 g/mol. The van der Waals surface area contributed by atoms with E-state index in [0.717, 1.165) is 17.8 Å². The maximum Gasteiger partial charge on any atom is 0.0710 e. The van der Waals surface area contributed by atoms with Crippen molar-refractivity contribution in [3.8, 4) is 11.3 Å². The first kappa shape index (κ1) is 14.2. The average molecular weight is 285 g/mol. The van der Waals surface area contributed by atoms with E-state index in [0.29, 0.717) is 6.04 Å². The smallest absolute Gasteiger partial charge is 0.0710 e. The molecule has 0 amide bonds. The van der Waals surface area contributed by atoms with Crippen molar-refractivity contribution >= 4 is 0 Å². The summed E-state index contributed by atoms with van der Waals surface area (Å²) in [5.41, 5.74) is 3.37. The Hall–Kier alpha value is -1.72. The van der Waals surface area contributed by atoms with Crippen LogP contribution < -0.4 is 5.32 Å². The second-order valence-corrected chi connectivity index (χ2v) is 5.60. The first-order valence-corrected chi connectivity index (χ1v) is 7.75. The third-order valence-electron chi connectivity index (χ3n) is 4.28. The standard InChI is InChI=1S/C16H23N5/c1-2-21-8-5-15(6-9-21)18-11-14-12-19-20-16(14)13-4-3-7-17-10-13/h3-4,7,10,12,15,18H,2,5-6,8-9,11H2,1H3,(H,19,20). The van der Waals surface area contributed by atoms with Gasteiger partial charge in [-0.05, 0) is 44.6 Å². The molecule has 1 aliphatic heterocycles. The Labute approximate surface area is 125 Å². The fourth-order valence-electron chi connectivity index (χ4n) is 2.91. The van der Waals surface area contributed by atoms with Crippen LogP contribution >= 0.6 is 0 Å². The SMILES string of the molecule is CCN1CCC(NCc2cn[nH]c2-c2cccnc2)CC1. The number of aromatic amines is 1. The summed E-state index contributed by atoms with van der Waals surface area (Å²) in [6.07, 6.45) is 8.04. The quantitative estimate of drug-likeness (QED) is 0.883. The molecular formula is C16H23N5. The number of nitrogens with one attached hydrogen (secondary N) is 2. The van der Waals surface area contributed by atoms with Crippen molar-refractivity contribution in [2.75, 3.05) is 19.6 Å². The predicted molar refractivity (Wildman–Crippen MR) is 83.8 cm³/mol. The van der Waals surface area contributed by atoms with Gasteiger partial charge in [0.2, 0.25) is 0 Å². The van der Waals surface area contributed by atoms with Crippen LogP contribution in [0.2, 0.25) is 0 Å². The lowest BCUT2D eigenvalue weighted by molar-refractivity contribution is 0.206. The highest BCUT2D eigenvalue weighted by atomic mass is 15.1. The van der Waals surface area contributed by atoms with Crippen molar-refractivity contribution in [2.24, 2.45) is 0 Å². The fourth-order valence-corrected chi connectivity index (χ4v) is 2.91. The van der Waals surface area contributed by atoms with Crippen LogP contribution in [0.1, 0.15) is 25.3 Å². The van der Waals surface area contributed by atoms with Gasteiger partial charge in [0.1, 0.15) is 0 Å². The highest BCUT2D eigenvalue weighted by Crippen LogP contribution is 2.20. The highest BCUT2D eigenvalue weighted by molar-refractivity contribution is 5.61. The van der Waals surface area contributed by atoms with Crippen molar-refractivity contribution < 1.29 is 0 Å². The maximum absolute atomic E-state index is 4.19. The van der Waals surface area contributed by atoms with Gasteiger partial charge in [0, 0.05) is 36.1 Å². The molecule has 0 radical (unpaired) electrons. The van der Waals surface area contributed by atoms with Crippen molar-refractivity contribution in [2.45, 2.75) is 32.4 Å². The minimum atomic E-state index is 0.615. The predicted octanol–water partition coefficient (Wildman–Crippen LogP) is 2.05. The van der Waals surface area contributed by atoms with Crippen molar-refractivity contribution in [1.29, 1.82) is 0 Å². The average Bonchev–Trinajstić information content (AvgIpc) is 3.03. The molecule has 0 spiro atoms. The Morgan fingerprint density at radius 3 is 2.90 bits per heavy atom. The van der Waals surface area contributed by atoms with E-state index in [9.17, 15) is 0 Å². The van der Waals surface area contributed by atoms with Gasteiger partial charge in [-0.2, -0.15) is 5.10 Å². The number of likely N-dealkylation sites (tertiary alicyclic amines) is 1. The number of hydrogen-bond donors (Lipinski definition) is 2. The number of H-pyrrole nitrogens is 1. The van der Waals surface area contributed by atoms with E-state index in [1.165, 1.54) is 38.0 Å². The summed E-state index contributed by atoms with van der Waals surface area (Å²) < 4.78 is 0. The van der Waals surface area contributed by atoms with E-state index in [1.54, 1.807) is 6.20 Å². The van der Waals surface area contributed by atoms with Gasteiger partial charge in [0.25, 0.3) is 0 Å². The van der Waals surface area contributed by atoms with Crippen LogP contribution in [0.25, 0.3) is 11.3 Å². The van der Waals surface area contributed by atoms with Crippen molar-refractivity contribution in [3.05, 3.63) is 36.3 Å². The van der Waals surface area contributed by atoms with Crippen LogP contribution in [0.5, 0.6) is 0 Å². The second kappa shape index (κ2) is 6.83. The lowest BCUT2D eigenvalue weighted by Crippen LogP contribution is -2.42. The van der Waals surface area contributed by atoms with Crippen LogP contribution in [0.4, 0.5) is 0 Å². The molecule has 1 fully saturated rings. The Balaban J connectivity index is 1.58. The molecule has 2 aromatic heterocycles. The molecule has 0 saturated carbocycles. The molecule has 2 aromatic rings. The molecule has 0 atom stereocenters. The highest BCUT2D eigenvalue weighted by Gasteiger charge is 2.18. The first-order chi connectivity index (χ1) is 10.4. The molecule has 1 aliphatic rings. The maximum atomic E-state index is 4.19. The summed E-state index contributed by atoms with van der Waals surface area (Å²) in [5.74, 6) is 0. The first-order valence-electron chi connectivity index (χ1n) is 7.75. The van der Waals surface area contributed by atoms with E-state index in [1.807, 2.05) is 18.5 Å². The van der Waals surface area contributed by atoms with Crippen molar-refractivity contribution in [1.82, 2.24) is 25.4 Å². The minimum Gasteiger partial charge on any atom is -0.310 e. The second-order valence-electron chi connectivity index (χ2n) is 5.60. The number of nitrogens with zero attached hydrogens (tertiary/aromatic N) is 3. The Kier molecular flexibility index (Phi) is 4.62. The zero-order chi connectivity index (χ0) is 14.5. The van der Waals surface area contributed by atoms with Gasteiger partial charge < -0.3 is 10.2 Å². The van der Waals surface area contributed by atoms with E-state index >= 15 is 0 Å². The number of rotatable bonds is 5. The summed E-state index contributed by atoms with van der Waals surface area (Å²) >= 11 is 0. The van der Waals surface area contributed by atoms with Crippen LogP contribution in [0.3, 0.4) is 0 Å². The van der Waals surface area contributed by atoms with Gasteiger partial charge in [-0.1, -0.05) is 6.92 Å². The topological polar surface area (TPSA) is 56.8 Å². The third kappa shape index (κ3) is 3.49. The minimum absolute atomic E-state index is 0.615. The molecule has 0 aromatic carbocycles. The zero-order valence-electron chi connectivity index (χ0n) is 12.5. The fraction of sp³-hybridized carbons (Fsp3) is 0.500. The number of hydrogen-bond acceptors (Lipinski definition) is 4. The molecule has 0 bridgehead atoms. The molecule has 112 valence electrons. The van der Waals surface area contributed by atoms with Gasteiger partial charge in [-0.3, -0.25) is 10.1 Å². The molecule has 1 saturated heterocycles. The summed E-state index contributed by atoms with van der Waals surface area (Å²) in [6, 6.07) is 4.63. The van der Waals surface area contributed by atoms with Gasteiger partial charge in [0.15, 0.2) is 0 Å². The molecule has 3 heterocycles. The van der Waals surface area contributed by atoms with Gasteiger partial charge in [-0.25, -0.2) is 0 Å². The molecule has 5 heteroatoms. The summed E-state index contributed by atoms with van der Waals surface area (Å²) in [4.78, 5) is 6.69. The number of pyridine rings is 1. The van der Waals surface area contributed by atoms with E-state index in [4.69, 9.17) is 0 Å². The molecule has 0 aliphatic carbocycles. The summed E-state index contributed by atoms with van der Waals surface area (Å²) in [6.45, 7) is 6.67. The Bertz CT molecular complexity index is 543. The molecule has 21 heavy (non-hydrogen) atoms. The van der Waals surface area contributed by atoms with Crippen LogP contribution in [-0.4, -0.2) is 45.8 Å². The number of piperidine rings is 1. The molecule has 5 nitrogen and oxygen atoms in total. The molecule has 0 unspecified atom stereocenters. The number of aromatic nitrogens is 3. The van der Waals surface area contributed by atoms with Crippen LogP contribution in [-0.2, 0) is 6.54 Å². The largest absolute Gasteiger partial charge is 0.310 e. The third-order valence-corrected chi connectivity index (χ3v) is 4.28. The van der Waals surface area contributed by atoms with E-state index < -0.39 is 0 Å². The summed E-state index contributed by atoms with van der Waals surface area (Å²) in [5, 5.41) is 10.9. The van der Waals surface area contributed by atoms with E-state index in [2.05, 4.69) is 38.4 Å². The van der Waals surface area contributed by atoms with Crippen LogP contribution in [0.15, 0.2) is 30.7 Å². The lowest BCUT2D eigenvalue weighted by atomic mass is 10.0. The normalized spacial score (nSPS) is 17.2. The Morgan fingerprint density at radius 1 is 1.33 bits per heavy atom. The zero-order valence-corrected chi connectivity index (χ0v) is 12.5. The van der Waals surface area contributed by atoms with E-state index in [-0.39, 0.29) is 0 Å². The lowest BCUT2D eigenvalue weighted by Gasteiger charge is -2.31. The molecule has 2 N–H and O–H groups in total. The summed E-state index contributed by atoms with van der Waals surface area (Å²) in [7, 11) is 0. The van der Waals surface area contributed by atoms with Gasteiger partial charge in [-0.15, -0.1) is 0 Å².